The van der Waals surface area contributed by atoms with Crippen molar-refractivity contribution in [2.45, 2.75) is 333 Å². The second-order valence-electron chi connectivity index (χ2n) is 30.3. The molecule has 5 aliphatic rings. The summed E-state index contributed by atoms with van der Waals surface area (Å²) in [4.78, 5) is 27.8. The average molecular weight is 1390 g/mol. The average Bonchev–Trinajstić information content (AvgIpc) is 0.853. The quantitative estimate of drug-likeness (QED) is 0.0527. The monoisotopic (exact) mass is 1390 g/mol. The van der Waals surface area contributed by atoms with Gasteiger partial charge in [0.2, 0.25) is 0 Å². The number of carbonyl (C=O) groups is 2. The second kappa shape index (κ2) is 43.1. The molecule has 0 aromatic rings. The first kappa shape index (κ1) is 85.4. The van der Waals surface area contributed by atoms with E-state index >= 15 is 0 Å². The Bertz CT molecular complexity index is 2320. The highest BCUT2D eigenvalue weighted by molar-refractivity contribution is 5.83. The number of esters is 2. The minimum atomic E-state index is -1.16. The highest BCUT2D eigenvalue weighted by atomic mass is 16.6. The van der Waals surface area contributed by atoms with Gasteiger partial charge in [-0.2, -0.15) is 0 Å². The summed E-state index contributed by atoms with van der Waals surface area (Å²) in [5, 5.41) is 94.4. The van der Waals surface area contributed by atoms with E-state index in [1.807, 2.05) is 106 Å². The molecule has 5 heterocycles. The van der Waals surface area contributed by atoms with Gasteiger partial charge in [0.05, 0.1) is 122 Å². The lowest BCUT2D eigenvalue weighted by Gasteiger charge is -2.38. The van der Waals surface area contributed by atoms with E-state index in [0.29, 0.717) is 62.5 Å². The van der Waals surface area contributed by atoms with E-state index in [2.05, 4.69) is 0 Å². The molecule has 564 valence electrons. The Morgan fingerprint density at radius 2 is 0.806 bits per heavy atom. The number of fused-ring (bicyclic) bond motifs is 4. The summed E-state index contributed by atoms with van der Waals surface area (Å²) in [7, 11) is 6.58. The standard InChI is InChI=1S/C78H132O20/c1-45-23-29-57(79)37-59-19-17-21-61(95-59)41-71(91-15)52(8)68(82)44-70(84)54(10)78(56(12)76(88)48(4)28-32-64-40-66(90-14)36-50(6)94-64)98-74(86)34-26-46(2)24-30-58(80)38-60-20-18-22-62(96-60)42-72(92-16)51(7)67(81)43-69(83)53(9)77(97-73(85)33-25-45)55(11)75(87)47(3)27-31-63-39-65(89-13)35-49(5)93-63/h17-20,23-26,33-34,47-72,75-84,87-88H,21-22,27-32,35-44H2,1-16H3/b33-25-,34-26-,45-23-,46-24-/t47-,48-,49-,50-,51-,52-,53-,54-,55-,56-,57-,58-,59-,60-,61-,62-,63-,64-,65+,66+,67-,68-,69+,70+,71-,72-,75-,76-,77-,78-/m0/s1. The van der Waals surface area contributed by atoms with Crippen LogP contribution in [0.25, 0.3) is 0 Å². The molecule has 0 saturated carbocycles. The fraction of sp³-hybridized carbons (Fsp3) is 0.821. The van der Waals surface area contributed by atoms with Gasteiger partial charge in [-0.3, -0.25) is 0 Å². The molecule has 0 spiro atoms. The number of carbonyl (C=O) groups excluding carboxylic acids is 2. The third-order valence-corrected chi connectivity index (χ3v) is 22.3. The topological polar surface area (TPSA) is 288 Å². The number of aliphatic hydroxyl groups is 8. The maximum absolute atomic E-state index is 13.9. The number of aliphatic hydroxyl groups excluding tert-OH is 8. The van der Waals surface area contributed by atoms with Gasteiger partial charge < -0.3 is 88.2 Å². The summed E-state index contributed by atoms with van der Waals surface area (Å²) in [6, 6.07) is 0. The summed E-state index contributed by atoms with van der Waals surface area (Å²) < 4.78 is 61.3. The van der Waals surface area contributed by atoms with Crippen molar-refractivity contribution in [1.29, 1.82) is 0 Å². The van der Waals surface area contributed by atoms with Crippen LogP contribution in [0.5, 0.6) is 0 Å². The van der Waals surface area contributed by atoms with Crippen LogP contribution in [0.2, 0.25) is 0 Å². The first-order valence-corrected chi connectivity index (χ1v) is 37.1. The molecule has 20 heteroatoms. The molecule has 0 aromatic carbocycles. The lowest BCUT2D eigenvalue weighted by Crippen LogP contribution is -2.45. The molecule has 5 aliphatic heterocycles. The van der Waals surface area contributed by atoms with E-state index in [1.165, 1.54) is 12.2 Å². The van der Waals surface area contributed by atoms with Gasteiger partial charge in [-0.1, -0.05) is 115 Å². The highest BCUT2D eigenvalue weighted by Gasteiger charge is 2.42. The Morgan fingerprint density at radius 1 is 0.449 bits per heavy atom. The van der Waals surface area contributed by atoms with E-state index in [9.17, 15) is 50.4 Å². The lowest BCUT2D eigenvalue weighted by molar-refractivity contribution is -0.158. The van der Waals surface area contributed by atoms with Gasteiger partial charge in [0, 0.05) is 102 Å². The van der Waals surface area contributed by atoms with Gasteiger partial charge >= 0.3 is 11.9 Å². The van der Waals surface area contributed by atoms with E-state index in [0.717, 1.165) is 25.7 Å². The number of cyclic esters (lactones) is 2. The molecule has 2 saturated heterocycles. The number of ether oxygens (including phenoxy) is 10. The van der Waals surface area contributed by atoms with Gasteiger partial charge in [-0.25, -0.2) is 9.59 Å². The molecule has 8 N–H and O–H groups in total. The molecule has 0 radical (unpaired) electrons. The molecule has 4 bridgehead atoms. The predicted molar refractivity (Wildman–Crippen MR) is 377 cm³/mol. The normalized spacial score (nSPS) is 41.1. The lowest BCUT2D eigenvalue weighted by atomic mass is 9.78. The van der Waals surface area contributed by atoms with Gasteiger partial charge in [0.25, 0.3) is 0 Å². The van der Waals surface area contributed by atoms with Crippen molar-refractivity contribution in [2.24, 2.45) is 47.3 Å². The van der Waals surface area contributed by atoms with E-state index in [1.54, 1.807) is 54.4 Å². The van der Waals surface area contributed by atoms with Gasteiger partial charge in [0.1, 0.15) is 12.2 Å². The van der Waals surface area contributed by atoms with Crippen molar-refractivity contribution in [2.75, 3.05) is 28.4 Å². The minimum absolute atomic E-state index is 0.0293. The van der Waals surface area contributed by atoms with Crippen LogP contribution in [0.15, 0.2) is 71.9 Å². The van der Waals surface area contributed by atoms with Crippen LogP contribution in [0.3, 0.4) is 0 Å². The summed E-state index contributed by atoms with van der Waals surface area (Å²) in [6.45, 7) is 22.5. The van der Waals surface area contributed by atoms with Crippen molar-refractivity contribution in [1.82, 2.24) is 0 Å². The number of methoxy groups -OCH3 is 4. The molecule has 30 atom stereocenters. The molecule has 20 nitrogen and oxygen atoms in total. The first-order chi connectivity index (χ1) is 46.4. The van der Waals surface area contributed by atoms with Crippen LogP contribution in [-0.4, -0.2) is 216 Å². The van der Waals surface area contributed by atoms with Crippen molar-refractivity contribution >= 4 is 11.9 Å². The highest BCUT2D eigenvalue weighted by Crippen LogP contribution is 2.37. The number of allylic oxidation sites excluding steroid dienone is 4. The second-order valence-corrected chi connectivity index (χ2v) is 30.3. The third kappa shape index (κ3) is 28.1. The molecular formula is C78H132O20. The summed E-state index contributed by atoms with van der Waals surface area (Å²) in [5.41, 5.74) is 1.39. The van der Waals surface area contributed by atoms with E-state index < -0.39 is 133 Å². The molecule has 0 aromatic heterocycles. The van der Waals surface area contributed by atoms with Crippen molar-refractivity contribution < 1.29 is 97.8 Å². The number of rotatable bonds is 16. The van der Waals surface area contributed by atoms with Crippen LogP contribution in [-0.2, 0) is 57.0 Å². The van der Waals surface area contributed by atoms with Crippen LogP contribution >= 0.6 is 0 Å². The Labute approximate surface area is 587 Å². The zero-order valence-corrected chi connectivity index (χ0v) is 62.3. The predicted octanol–water partition coefficient (Wildman–Crippen LogP) is 10.1. The Balaban J connectivity index is 1.36. The largest absolute Gasteiger partial charge is 0.458 e. The van der Waals surface area contributed by atoms with Crippen LogP contribution in [0.4, 0.5) is 0 Å². The Morgan fingerprint density at radius 3 is 1.15 bits per heavy atom. The Hall–Kier alpha value is -3.26. The fourth-order valence-electron chi connectivity index (χ4n) is 15.3. The summed E-state index contributed by atoms with van der Waals surface area (Å²) in [6.07, 6.45) is 14.1. The third-order valence-electron chi connectivity index (χ3n) is 22.3. The number of hydrogen-bond donors (Lipinski definition) is 8. The minimum Gasteiger partial charge on any atom is -0.458 e. The maximum atomic E-state index is 13.9. The summed E-state index contributed by atoms with van der Waals surface area (Å²) in [5.74, 6) is -5.50. The van der Waals surface area contributed by atoms with Crippen molar-refractivity contribution in [3.8, 4) is 0 Å². The zero-order valence-electron chi connectivity index (χ0n) is 62.3. The molecule has 2 fully saturated rings. The zero-order chi connectivity index (χ0) is 72.5. The fourth-order valence-corrected chi connectivity index (χ4v) is 15.3. The van der Waals surface area contributed by atoms with Gasteiger partial charge in [-0.15, -0.1) is 0 Å². The SMILES string of the molecule is CO[C@H]1C[C@H](CC[C@H](C)[C@H](O)[C@H](C)[C@H]2OC(=O)/C=C\C(C)=C/C[C@H](O)C[C@@H]3C=CC[C@@H](C[C@H](OC)[C@@H](C)[C@@H](O)C[C@@H](O)[C@H](C)[C@@H]([C@@H](C)[C@@H](O)[C@@H](C)CC[C@H]4C[C@H](OC)C[C@H](C)O4)OC(=O)/C=C\C(C)=C/C[C@H](O)C[C@@H]4C=CC[C@@H](C[C@H](OC)[C@@H](C)[C@@H](O)C[C@@H](O)[C@@H]2C)O4)O3)O[C@@H](C)C1. The molecule has 0 unspecified atom stereocenters. The van der Waals surface area contributed by atoms with Crippen molar-refractivity contribution in [3.05, 3.63) is 71.9 Å². The molecule has 98 heavy (non-hydrogen) atoms. The summed E-state index contributed by atoms with van der Waals surface area (Å²) >= 11 is 0. The Kier molecular flexibility index (Phi) is 37.6. The van der Waals surface area contributed by atoms with E-state index in [4.69, 9.17) is 47.4 Å². The smallest absolute Gasteiger partial charge is 0.331 e. The molecule has 0 aliphatic carbocycles. The van der Waals surface area contributed by atoms with Crippen LogP contribution < -0.4 is 0 Å². The van der Waals surface area contributed by atoms with Gasteiger partial charge in [-0.05, 0) is 129 Å². The van der Waals surface area contributed by atoms with Crippen molar-refractivity contribution in [3.63, 3.8) is 0 Å². The van der Waals surface area contributed by atoms with Crippen LogP contribution in [0, 0.1) is 47.3 Å². The molecule has 0 amide bonds. The van der Waals surface area contributed by atoms with Gasteiger partial charge in [0.15, 0.2) is 0 Å². The first-order valence-electron chi connectivity index (χ1n) is 37.1. The van der Waals surface area contributed by atoms with Crippen LogP contribution in [0.1, 0.15) is 199 Å². The van der Waals surface area contributed by atoms with E-state index in [-0.39, 0.29) is 99.2 Å². The molecule has 5 rings (SSSR count). The molecular weight excluding hydrogens is 1260 g/mol. The maximum Gasteiger partial charge on any atom is 0.331 e. The number of hydrogen-bond acceptors (Lipinski definition) is 20.